The van der Waals surface area contributed by atoms with E-state index in [0.29, 0.717) is 29.9 Å². The number of benzene rings is 2. The smallest absolute Gasteiger partial charge is 0.306 e. The van der Waals surface area contributed by atoms with Gasteiger partial charge in [0.2, 0.25) is 0 Å². The van der Waals surface area contributed by atoms with E-state index < -0.39 is 11.9 Å². The van der Waals surface area contributed by atoms with E-state index in [0.717, 1.165) is 16.4 Å². The van der Waals surface area contributed by atoms with E-state index in [2.05, 4.69) is 5.32 Å². The van der Waals surface area contributed by atoms with Crippen molar-refractivity contribution < 1.29 is 23.5 Å². The molecule has 1 amide bonds. The summed E-state index contributed by atoms with van der Waals surface area (Å²) in [5.41, 5.74) is 1.86. The van der Waals surface area contributed by atoms with E-state index in [-0.39, 0.29) is 6.61 Å². The molecule has 0 spiro atoms. The number of esters is 1. The molecule has 0 aliphatic rings. The predicted molar refractivity (Wildman–Crippen MR) is 94.8 cm³/mol. The molecule has 0 fully saturated rings. The van der Waals surface area contributed by atoms with Gasteiger partial charge in [0.1, 0.15) is 16.9 Å². The largest absolute Gasteiger partial charge is 0.495 e. The number of methoxy groups -OCH3 is 1. The number of anilines is 1. The van der Waals surface area contributed by atoms with Gasteiger partial charge in [0.15, 0.2) is 6.61 Å². The fourth-order valence-corrected chi connectivity index (χ4v) is 2.63. The number of carbonyl (C=O) groups is 2. The van der Waals surface area contributed by atoms with Gasteiger partial charge in [-0.15, -0.1) is 0 Å². The van der Waals surface area contributed by atoms with Crippen molar-refractivity contribution in [2.45, 2.75) is 19.8 Å². The third-order valence-corrected chi connectivity index (χ3v) is 3.79. The molecule has 1 aromatic heterocycles. The first-order valence-electron chi connectivity index (χ1n) is 8.07. The Kier molecular flexibility index (Phi) is 4.88. The van der Waals surface area contributed by atoms with Gasteiger partial charge < -0.3 is 19.2 Å². The fraction of sp³-hybridized carbons (Fsp3) is 0.263. The summed E-state index contributed by atoms with van der Waals surface area (Å²) >= 11 is 0. The quantitative estimate of drug-likeness (QED) is 0.689. The standard InChI is InChI=1S/C19H19NO5/c1-3-6-19(22)24-11-18(21)20-14-10-16-13(9-17(14)23-2)12-7-4-5-8-15(12)25-16/h4-5,7-10H,3,6,11H2,1-2H3,(H,20,21). The lowest BCUT2D eigenvalue weighted by molar-refractivity contribution is -0.147. The van der Waals surface area contributed by atoms with Gasteiger partial charge in [-0.2, -0.15) is 0 Å². The number of furan rings is 1. The summed E-state index contributed by atoms with van der Waals surface area (Å²) in [6, 6.07) is 11.2. The monoisotopic (exact) mass is 341 g/mol. The van der Waals surface area contributed by atoms with Crippen LogP contribution in [-0.4, -0.2) is 25.6 Å². The minimum atomic E-state index is -0.432. The molecule has 1 heterocycles. The highest BCUT2D eigenvalue weighted by Gasteiger charge is 2.15. The molecule has 0 atom stereocenters. The molecule has 0 aliphatic carbocycles. The van der Waals surface area contributed by atoms with Gasteiger partial charge in [0.05, 0.1) is 12.8 Å². The molecule has 0 aliphatic heterocycles. The summed E-state index contributed by atoms with van der Waals surface area (Å²) < 4.78 is 16.1. The van der Waals surface area contributed by atoms with Gasteiger partial charge in [-0.05, 0) is 18.6 Å². The lowest BCUT2D eigenvalue weighted by Gasteiger charge is -2.10. The molecule has 0 saturated heterocycles. The predicted octanol–water partition coefficient (Wildman–Crippen LogP) is 3.88. The van der Waals surface area contributed by atoms with Crippen LogP contribution in [0.1, 0.15) is 19.8 Å². The fourth-order valence-electron chi connectivity index (χ4n) is 2.63. The molecule has 3 rings (SSSR count). The number of hydrogen-bond acceptors (Lipinski definition) is 5. The van der Waals surface area contributed by atoms with Crippen LogP contribution >= 0.6 is 0 Å². The molecular weight excluding hydrogens is 322 g/mol. The number of para-hydroxylation sites is 1. The normalized spacial score (nSPS) is 10.8. The number of rotatable bonds is 6. The number of amides is 1. The number of ether oxygens (including phenoxy) is 2. The zero-order valence-corrected chi connectivity index (χ0v) is 14.1. The number of fused-ring (bicyclic) bond motifs is 3. The minimum absolute atomic E-state index is 0.293. The second kappa shape index (κ2) is 7.25. The van der Waals surface area contributed by atoms with Gasteiger partial charge in [0, 0.05) is 23.3 Å². The van der Waals surface area contributed by atoms with Crippen molar-refractivity contribution in [3.63, 3.8) is 0 Å². The zero-order valence-electron chi connectivity index (χ0n) is 14.1. The molecule has 25 heavy (non-hydrogen) atoms. The first-order chi connectivity index (χ1) is 12.1. The molecular formula is C19H19NO5. The first-order valence-corrected chi connectivity index (χ1v) is 8.07. The number of hydrogen-bond donors (Lipinski definition) is 1. The Labute approximate surface area is 144 Å². The SMILES string of the molecule is CCCC(=O)OCC(=O)Nc1cc2oc3ccccc3c2cc1OC. The van der Waals surface area contributed by atoms with E-state index in [1.807, 2.05) is 37.3 Å². The Morgan fingerprint density at radius 3 is 2.68 bits per heavy atom. The summed E-state index contributed by atoms with van der Waals surface area (Å²) in [6.07, 6.45) is 0.971. The topological polar surface area (TPSA) is 77.8 Å². The zero-order chi connectivity index (χ0) is 17.8. The highest BCUT2D eigenvalue weighted by atomic mass is 16.5. The van der Waals surface area contributed by atoms with Gasteiger partial charge >= 0.3 is 5.97 Å². The van der Waals surface area contributed by atoms with E-state index in [1.165, 1.54) is 7.11 Å². The van der Waals surface area contributed by atoms with Gasteiger partial charge in [-0.25, -0.2) is 0 Å². The van der Waals surface area contributed by atoms with Crippen LogP contribution < -0.4 is 10.1 Å². The summed E-state index contributed by atoms with van der Waals surface area (Å²) in [4.78, 5) is 23.4. The first kappa shape index (κ1) is 16.8. The molecule has 0 saturated carbocycles. The Morgan fingerprint density at radius 1 is 1.12 bits per heavy atom. The molecule has 0 radical (unpaired) electrons. The van der Waals surface area contributed by atoms with E-state index in [1.54, 1.807) is 6.07 Å². The van der Waals surface area contributed by atoms with Crippen LogP contribution in [0.25, 0.3) is 21.9 Å². The number of nitrogens with one attached hydrogen (secondary N) is 1. The van der Waals surface area contributed by atoms with Crippen LogP contribution in [0.3, 0.4) is 0 Å². The van der Waals surface area contributed by atoms with Crippen molar-refractivity contribution in [2.24, 2.45) is 0 Å². The van der Waals surface area contributed by atoms with Crippen LogP contribution in [0.5, 0.6) is 5.75 Å². The maximum Gasteiger partial charge on any atom is 0.306 e. The van der Waals surface area contributed by atoms with Crippen molar-refractivity contribution in [3.05, 3.63) is 36.4 Å². The summed E-state index contributed by atoms with van der Waals surface area (Å²) in [5, 5.41) is 4.57. The van der Waals surface area contributed by atoms with E-state index in [9.17, 15) is 9.59 Å². The van der Waals surface area contributed by atoms with Crippen LogP contribution in [-0.2, 0) is 14.3 Å². The van der Waals surface area contributed by atoms with Gasteiger partial charge in [0.25, 0.3) is 5.91 Å². The maximum atomic E-state index is 12.0. The third-order valence-electron chi connectivity index (χ3n) is 3.79. The average Bonchev–Trinajstić information content (AvgIpc) is 2.97. The molecule has 0 unspecified atom stereocenters. The summed E-state index contributed by atoms with van der Waals surface area (Å²) in [7, 11) is 1.53. The van der Waals surface area contributed by atoms with Crippen molar-refractivity contribution in [2.75, 3.05) is 19.0 Å². The summed E-state index contributed by atoms with van der Waals surface area (Å²) in [5.74, 6) is -0.317. The lowest BCUT2D eigenvalue weighted by atomic mass is 10.1. The van der Waals surface area contributed by atoms with Crippen LogP contribution in [0.2, 0.25) is 0 Å². The van der Waals surface area contributed by atoms with Crippen LogP contribution in [0, 0.1) is 0 Å². The molecule has 130 valence electrons. The Balaban J connectivity index is 1.84. The minimum Gasteiger partial charge on any atom is -0.495 e. The Bertz CT molecular complexity index is 928. The molecule has 0 bridgehead atoms. The molecule has 6 nitrogen and oxygen atoms in total. The van der Waals surface area contributed by atoms with E-state index >= 15 is 0 Å². The average molecular weight is 341 g/mol. The van der Waals surface area contributed by atoms with Crippen molar-refractivity contribution in [3.8, 4) is 5.75 Å². The van der Waals surface area contributed by atoms with Gasteiger partial charge in [-0.1, -0.05) is 25.1 Å². The Hall–Kier alpha value is -3.02. The van der Waals surface area contributed by atoms with Gasteiger partial charge in [-0.3, -0.25) is 9.59 Å². The third kappa shape index (κ3) is 3.57. The molecule has 2 aromatic carbocycles. The van der Waals surface area contributed by atoms with Crippen LogP contribution in [0.15, 0.2) is 40.8 Å². The highest BCUT2D eigenvalue weighted by Crippen LogP contribution is 2.36. The second-order valence-corrected chi connectivity index (χ2v) is 5.61. The molecule has 1 N–H and O–H groups in total. The number of carbonyl (C=O) groups excluding carboxylic acids is 2. The van der Waals surface area contributed by atoms with Crippen molar-refractivity contribution in [1.82, 2.24) is 0 Å². The van der Waals surface area contributed by atoms with Crippen molar-refractivity contribution in [1.29, 1.82) is 0 Å². The second-order valence-electron chi connectivity index (χ2n) is 5.61. The lowest BCUT2D eigenvalue weighted by Crippen LogP contribution is -2.21. The molecule has 3 aromatic rings. The van der Waals surface area contributed by atoms with Crippen LogP contribution in [0.4, 0.5) is 5.69 Å². The van der Waals surface area contributed by atoms with E-state index in [4.69, 9.17) is 13.9 Å². The van der Waals surface area contributed by atoms with Crippen molar-refractivity contribution >= 4 is 39.5 Å². The highest BCUT2D eigenvalue weighted by molar-refractivity contribution is 6.07. The molecule has 6 heteroatoms. The maximum absolute atomic E-state index is 12.0. The summed E-state index contributed by atoms with van der Waals surface area (Å²) in [6.45, 7) is 1.54. The Morgan fingerprint density at radius 2 is 1.92 bits per heavy atom.